The van der Waals surface area contributed by atoms with Crippen molar-refractivity contribution >= 4 is 23.4 Å². The van der Waals surface area contributed by atoms with Crippen molar-refractivity contribution in [1.29, 1.82) is 0 Å². The van der Waals surface area contributed by atoms with Crippen LogP contribution in [0.2, 0.25) is 0 Å². The van der Waals surface area contributed by atoms with Crippen molar-refractivity contribution in [3.05, 3.63) is 54.5 Å². The highest BCUT2D eigenvalue weighted by molar-refractivity contribution is 6.00. The summed E-state index contributed by atoms with van der Waals surface area (Å²) in [6, 6.07) is -0.255. The van der Waals surface area contributed by atoms with Crippen LogP contribution in [0.25, 0.3) is 5.65 Å². The van der Waals surface area contributed by atoms with Gasteiger partial charge in [-0.1, -0.05) is 18.2 Å². The Balaban J connectivity index is 1.58. The molecule has 2 aromatic rings. The minimum atomic E-state index is -0.627. The Morgan fingerprint density at radius 3 is 2.87 bits per heavy atom. The van der Waals surface area contributed by atoms with Crippen LogP contribution in [0.4, 0.5) is 0 Å². The van der Waals surface area contributed by atoms with E-state index in [1.807, 2.05) is 0 Å². The highest BCUT2D eigenvalue weighted by Crippen LogP contribution is 2.21. The third kappa shape index (κ3) is 5.31. The topological polar surface area (TPSA) is 131 Å². The van der Waals surface area contributed by atoms with Gasteiger partial charge in [0.25, 0.3) is 11.8 Å². The molecular weight excluding hydrogens is 384 g/mol. The molecule has 30 heavy (non-hydrogen) atoms. The summed E-state index contributed by atoms with van der Waals surface area (Å²) < 4.78 is 1.33. The second-order valence-corrected chi connectivity index (χ2v) is 7.39. The number of nitrogens with zero attached hydrogens (tertiary/aromatic N) is 3. The number of fused-ring (bicyclic) bond motifs is 1. The summed E-state index contributed by atoms with van der Waals surface area (Å²) in [5.41, 5.74) is 6.01. The molecule has 0 fully saturated rings. The van der Waals surface area contributed by atoms with E-state index in [1.54, 1.807) is 6.08 Å². The number of allylic oxidation sites excluding steroid dienone is 2. The number of rotatable bonds is 9. The SMILES string of the molecule is C=CCC(CNC(=O)c1cnn2cc(C(N)=O)cnc12)NC(=O)C[C@@H]1CC=CCC1. The van der Waals surface area contributed by atoms with E-state index in [0.29, 0.717) is 24.4 Å². The number of primary amides is 1. The number of aromatic nitrogens is 3. The summed E-state index contributed by atoms with van der Waals surface area (Å²) in [6.07, 6.45) is 14.1. The zero-order chi connectivity index (χ0) is 21.5. The molecule has 0 bridgehead atoms. The van der Waals surface area contributed by atoms with Gasteiger partial charge in [0.05, 0.1) is 11.8 Å². The highest BCUT2D eigenvalue weighted by atomic mass is 16.2. The monoisotopic (exact) mass is 410 g/mol. The van der Waals surface area contributed by atoms with Crippen LogP contribution in [-0.4, -0.2) is 44.9 Å². The summed E-state index contributed by atoms with van der Waals surface area (Å²) in [7, 11) is 0. The molecule has 1 aliphatic rings. The van der Waals surface area contributed by atoms with Crippen LogP contribution in [0.1, 0.15) is 52.8 Å². The molecule has 9 heteroatoms. The van der Waals surface area contributed by atoms with Gasteiger partial charge in [0.2, 0.25) is 5.91 Å². The van der Waals surface area contributed by atoms with Gasteiger partial charge in [0.1, 0.15) is 5.56 Å². The second kappa shape index (κ2) is 9.82. The fourth-order valence-corrected chi connectivity index (χ4v) is 3.46. The number of nitrogens with two attached hydrogens (primary N) is 1. The van der Waals surface area contributed by atoms with Crippen molar-refractivity contribution in [3.63, 3.8) is 0 Å². The fraction of sp³-hybridized carbons (Fsp3) is 0.381. The molecule has 0 spiro atoms. The second-order valence-electron chi connectivity index (χ2n) is 7.39. The van der Waals surface area contributed by atoms with E-state index in [2.05, 4.69) is 39.4 Å². The molecule has 158 valence electrons. The first kappa shape index (κ1) is 21.2. The van der Waals surface area contributed by atoms with Gasteiger partial charge in [0, 0.05) is 31.4 Å². The van der Waals surface area contributed by atoms with Crippen molar-refractivity contribution in [2.45, 2.75) is 38.1 Å². The third-order valence-electron chi connectivity index (χ3n) is 5.06. The Labute approximate surface area is 174 Å². The van der Waals surface area contributed by atoms with Gasteiger partial charge in [-0.05, 0) is 31.6 Å². The standard InChI is InChI=1S/C21H26N6O3/c1-2-6-16(26-18(28)9-14-7-4-3-5-8-14)11-24-21(30)17-12-25-27-13-15(19(22)29)10-23-20(17)27/h2-4,10,12-14,16H,1,5-9,11H2,(H2,22,29)(H,24,30)(H,26,28)/t14-,16?/m1/s1. The average molecular weight is 410 g/mol. The van der Waals surface area contributed by atoms with E-state index >= 15 is 0 Å². The van der Waals surface area contributed by atoms with E-state index in [0.717, 1.165) is 19.3 Å². The molecule has 2 heterocycles. The molecule has 2 aromatic heterocycles. The molecule has 1 unspecified atom stereocenters. The van der Waals surface area contributed by atoms with Crippen LogP contribution in [0, 0.1) is 5.92 Å². The summed E-state index contributed by atoms with van der Waals surface area (Å²) >= 11 is 0. The summed E-state index contributed by atoms with van der Waals surface area (Å²) in [6.45, 7) is 3.98. The maximum atomic E-state index is 12.6. The molecule has 0 aromatic carbocycles. The summed E-state index contributed by atoms with van der Waals surface area (Å²) in [5.74, 6) is -0.652. The number of hydrogen-bond donors (Lipinski definition) is 3. The molecule has 0 aliphatic heterocycles. The van der Waals surface area contributed by atoms with E-state index in [-0.39, 0.29) is 35.5 Å². The Morgan fingerprint density at radius 2 is 2.17 bits per heavy atom. The van der Waals surface area contributed by atoms with Gasteiger partial charge in [0.15, 0.2) is 5.65 Å². The molecule has 3 amide bonds. The van der Waals surface area contributed by atoms with Crippen molar-refractivity contribution in [2.75, 3.05) is 6.54 Å². The smallest absolute Gasteiger partial charge is 0.256 e. The molecule has 4 N–H and O–H groups in total. The van der Waals surface area contributed by atoms with Gasteiger partial charge in [-0.15, -0.1) is 6.58 Å². The fourth-order valence-electron chi connectivity index (χ4n) is 3.46. The van der Waals surface area contributed by atoms with Crippen molar-refractivity contribution in [3.8, 4) is 0 Å². The minimum absolute atomic E-state index is 0.0203. The van der Waals surface area contributed by atoms with E-state index in [9.17, 15) is 14.4 Å². The number of hydrogen-bond acceptors (Lipinski definition) is 5. The lowest BCUT2D eigenvalue weighted by molar-refractivity contribution is -0.122. The molecule has 0 radical (unpaired) electrons. The zero-order valence-corrected chi connectivity index (χ0v) is 16.7. The van der Waals surface area contributed by atoms with E-state index in [4.69, 9.17) is 5.73 Å². The first-order valence-corrected chi connectivity index (χ1v) is 9.94. The maximum Gasteiger partial charge on any atom is 0.256 e. The van der Waals surface area contributed by atoms with Crippen LogP contribution in [-0.2, 0) is 4.79 Å². The van der Waals surface area contributed by atoms with Gasteiger partial charge in [-0.25, -0.2) is 9.50 Å². The molecular formula is C21H26N6O3. The van der Waals surface area contributed by atoms with Gasteiger partial charge in [-0.2, -0.15) is 5.10 Å². The Morgan fingerprint density at radius 1 is 1.33 bits per heavy atom. The molecule has 1 aliphatic carbocycles. The number of nitrogens with one attached hydrogen (secondary N) is 2. The molecule has 2 atom stereocenters. The van der Waals surface area contributed by atoms with Crippen molar-refractivity contribution < 1.29 is 14.4 Å². The molecule has 9 nitrogen and oxygen atoms in total. The Kier molecular flexibility index (Phi) is 6.95. The van der Waals surface area contributed by atoms with Crippen LogP contribution in [0.3, 0.4) is 0 Å². The molecule has 0 saturated heterocycles. The predicted octanol–water partition coefficient (Wildman–Crippen LogP) is 1.37. The van der Waals surface area contributed by atoms with Gasteiger partial charge in [-0.3, -0.25) is 14.4 Å². The lowest BCUT2D eigenvalue weighted by atomic mass is 9.91. The normalized spacial score (nSPS) is 16.7. The lowest BCUT2D eigenvalue weighted by Crippen LogP contribution is -2.43. The predicted molar refractivity (Wildman–Crippen MR) is 112 cm³/mol. The minimum Gasteiger partial charge on any atom is -0.366 e. The van der Waals surface area contributed by atoms with Crippen LogP contribution < -0.4 is 16.4 Å². The largest absolute Gasteiger partial charge is 0.366 e. The molecule has 0 saturated carbocycles. The van der Waals surface area contributed by atoms with Gasteiger partial charge >= 0.3 is 0 Å². The van der Waals surface area contributed by atoms with Crippen LogP contribution in [0.15, 0.2) is 43.4 Å². The number of amides is 3. The van der Waals surface area contributed by atoms with E-state index < -0.39 is 5.91 Å². The third-order valence-corrected chi connectivity index (χ3v) is 5.06. The van der Waals surface area contributed by atoms with Crippen molar-refractivity contribution in [2.24, 2.45) is 11.7 Å². The first-order valence-electron chi connectivity index (χ1n) is 9.94. The Bertz CT molecular complexity index is 980. The Hall–Kier alpha value is -3.49. The summed E-state index contributed by atoms with van der Waals surface area (Å²) in [4.78, 5) is 40.4. The van der Waals surface area contributed by atoms with Crippen LogP contribution >= 0.6 is 0 Å². The quantitative estimate of drug-likeness (QED) is 0.537. The number of carbonyl (C=O) groups excluding carboxylic acids is 3. The highest BCUT2D eigenvalue weighted by Gasteiger charge is 2.19. The first-order chi connectivity index (χ1) is 14.5. The zero-order valence-electron chi connectivity index (χ0n) is 16.7. The van der Waals surface area contributed by atoms with E-state index in [1.165, 1.54) is 23.1 Å². The average Bonchev–Trinajstić information content (AvgIpc) is 3.16. The maximum absolute atomic E-state index is 12.6. The summed E-state index contributed by atoms with van der Waals surface area (Å²) in [5, 5.41) is 9.85. The number of carbonyl (C=O) groups is 3. The van der Waals surface area contributed by atoms with Gasteiger partial charge < -0.3 is 16.4 Å². The van der Waals surface area contributed by atoms with Crippen molar-refractivity contribution in [1.82, 2.24) is 25.2 Å². The molecule has 3 rings (SSSR count). The van der Waals surface area contributed by atoms with Crippen LogP contribution in [0.5, 0.6) is 0 Å². The lowest BCUT2D eigenvalue weighted by Gasteiger charge is -2.21.